The number of nitrogens with zero attached hydrogens (tertiary/aromatic N) is 2. The van der Waals surface area contributed by atoms with Crippen LogP contribution < -0.4 is 5.73 Å². The van der Waals surface area contributed by atoms with E-state index >= 15 is 0 Å². The van der Waals surface area contributed by atoms with E-state index in [4.69, 9.17) is 5.73 Å². The van der Waals surface area contributed by atoms with E-state index in [1.807, 2.05) is 24.0 Å². The largest absolute Gasteiger partial charge is 0.330 e. The van der Waals surface area contributed by atoms with Gasteiger partial charge >= 0.3 is 0 Å². The SMILES string of the molecule is Cn1nccc1-c1ccc(CCCN)cc1. The smallest absolute Gasteiger partial charge is 0.0678 e. The maximum Gasteiger partial charge on any atom is 0.0678 e. The third-order valence-electron chi connectivity index (χ3n) is 2.74. The van der Waals surface area contributed by atoms with Crippen LogP contribution in [-0.4, -0.2) is 16.3 Å². The fourth-order valence-electron chi connectivity index (χ4n) is 1.81. The summed E-state index contributed by atoms with van der Waals surface area (Å²) >= 11 is 0. The highest BCUT2D eigenvalue weighted by Crippen LogP contribution is 2.18. The predicted molar refractivity (Wildman–Crippen MR) is 66.0 cm³/mol. The molecule has 0 saturated carbocycles. The number of rotatable bonds is 4. The molecule has 1 aromatic heterocycles. The van der Waals surface area contributed by atoms with Gasteiger partial charge in [-0.1, -0.05) is 24.3 Å². The third-order valence-corrected chi connectivity index (χ3v) is 2.74. The zero-order chi connectivity index (χ0) is 11.4. The number of hydrogen-bond acceptors (Lipinski definition) is 2. The van der Waals surface area contributed by atoms with Crippen LogP contribution in [0, 0.1) is 0 Å². The molecule has 2 N–H and O–H groups in total. The van der Waals surface area contributed by atoms with Crippen molar-refractivity contribution in [1.82, 2.24) is 9.78 Å². The van der Waals surface area contributed by atoms with Crippen LogP contribution in [0.1, 0.15) is 12.0 Å². The van der Waals surface area contributed by atoms with Crippen molar-refractivity contribution in [2.75, 3.05) is 6.54 Å². The summed E-state index contributed by atoms with van der Waals surface area (Å²) in [5.74, 6) is 0. The van der Waals surface area contributed by atoms with Crippen LogP contribution >= 0.6 is 0 Å². The summed E-state index contributed by atoms with van der Waals surface area (Å²) in [4.78, 5) is 0. The molecule has 0 radical (unpaired) electrons. The van der Waals surface area contributed by atoms with E-state index in [1.165, 1.54) is 11.1 Å². The lowest BCUT2D eigenvalue weighted by molar-refractivity contribution is 0.775. The van der Waals surface area contributed by atoms with Crippen LogP contribution in [-0.2, 0) is 13.5 Å². The summed E-state index contributed by atoms with van der Waals surface area (Å²) in [6, 6.07) is 10.6. The molecule has 0 aliphatic heterocycles. The van der Waals surface area contributed by atoms with Crippen LogP contribution in [0.25, 0.3) is 11.3 Å². The minimum atomic E-state index is 0.753. The zero-order valence-corrected chi connectivity index (χ0v) is 9.56. The van der Waals surface area contributed by atoms with E-state index in [0.717, 1.165) is 25.1 Å². The molecule has 0 aliphatic rings. The van der Waals surface area contributed by atoms with Gasteiger partial charge in [-0.3, -0.25) is 4.68 Å². The van der Waals surface area contributed by atoms with Gasteiger partial charge in [-0.15, -0.1) is 0 Å². The third kappa shape index (κ3) is 2.31. The molecule has 0 fully saturated rings. The normalized spacial score (nSPS) is 10.6. The number of hydrogen-bond donors (Lipinski definition) is 1. The average Bonchev–Trinajstić information content (AvgIpc) is 2.74. The van der Waals surface area contributed by atoms with Gasteiger partial charge in [-0.05, 0) is 36.6 Å². The Morgan fingerprint density at radius 3 is 2.50 bits per heavy atom. The molecular weight excluding hydrogens is 198 g/mol. The van der Waals surface area contributed by atoms with Crippen molar-refractivity contribution >= 4 is 0 Å². The molecule has 84 valence electrons. The molecule has 0 bridgehead atoms. The minimum Gasteiger partial charge on any atom is -0.330 e. The Bertz CT molecular complexity index is 442. The Labute approximate surface area is 95.9 Å². The summed E-state index contributed by atoms with van der Waals surface area (Å²) in [5, 5.41) is 4.17. The van der Waals surface area contributed by atoms with Crippen molar-refractivity contribution in [1.29, 1.82) is 0 Å². The van der Waals surface area contributed by atoms with Crippen LogP contribution in [0.2, 0.25) is 0 Å². The maximum atomic E-state index is 5.49. The Kier molecular flexibility index (Phi) is 3.37. The Hall–Kier alpha value is -1.61. The summed E-state index contributed by atoms with van der Waals surface area (Å²) in [6.45, 7) is 0.753. The molecule has 0 amide bonds. The van der Waals surface area contributed by atoms with Gasteiger partial charge in [0.25, 0.3) is 0 Å². The molecule has 16 heavy (non-hydrogen) atoms. The minimum absolute atomic E-state index is 0.753. The van der Waals surface area contributed by atoms with E-state index < -0.39 is 0 Å². The summed E-state index contributed by atoms with van der Waals surface area (Å²) < 4.78 is 1.88. The fourth-order valence-corrected chi connectivity index (χ4v) is 1.81. The molecule has 0 unspecified atom stereocenters. The lowest BCUT2D eigenvalue weighted by Gasteiger charge is -2.04. The monoisotopic (exact) mass is 215 g/mol. The second-order valence-electron chi connectivity index (χ2n) is 3.93. The number of aromatic nitrogens is 2. The summed E-state index contributed by atoms with van der Waals surface area (Å²) in [5.41, 5.74) is 9.18. The summed E-state index contributed by atoms with van der Waals surface area (Å²) in [6.07, 6.45) is 3.92. The van der Waals surface area contributed by atoms with Crippen LogP contribution in [0.5, 0.6) is 0 Å². The van der Waals surface area contributed by atoms with Crippen molar-refractivity contribution in [2.45, 2.75) is 12.8 Å². The summed E-state index contributed by atoms with van der Waals surface area (Å²) in [7, 11) is 1.96. The van der Waals surface area contributed by atoms with Crippen LogP contribution in [0.3, 0.4) is 0 Å². The first-order valence-electron chi connectivity index (χ1n) is 5.58. The predicted octanol–water partition coefficient (Wildman–Crippen LogP) is 1.98. The lowest BCUT2D eigenvalue weighted by Crippen LogP contribution is -2.00. The van der Waals surface area contributed by atoms with E-state index in [1.54, 1.807) is 0 Å². The Morgan fingerprint density at radius 2 is 1.94 bits per heavy atom. The van der Waals surface area contributed by atoms with Crippen molar-refractivity contribution in [2.24, 2.45) is 12.8 Å². The zero-order valence-electron chi connectivity index (χ0n) is 9.56. The lowest BCUT2D eigenvalue weighted by atomic mass is 10.1. The topological polar surface area (TPSA) is 43.8 Å². The molecular formula is C13H17N3. The molecule has 3 nitrogen and oxygen atoms in total. The first kappa shape index (κ1) is 10.9. The number of aryl methyl sites for hydroxylation is 2. The highest BCUT2D eigenvalue weighted by Gasteiger charge is 2.01. The first-order valence-corrected chi connectivity index (χ1v) is 5.58. The van der Waals surface area contributed by atoms with Crippen molar-refractivity contribution in [3.8, 4) is 11.3 Å². The van der Waals surface area contributed by atoms with Gasteiger partial charge in [0.2, 0.25) is 0 Å². The van der Waals surface area contributed by atoms with Crippen molar-refractivity contribution < 1.29 is 0 Å². The van der Waals surface area contributed by atoms with E-state index in [0.29, 0.717) is 0 Å². The molecule has 1 heterocycles. The van der Waals surface area contributed by atoms with Crippen molar-refractivity contribution in [3.63, 3.8) is 0 Å². The molecule has 0 saturated heterocycles. The number of nitrogens with two attached hydrogens (primary N) is 1. The van der Waals surface area contributed by atoms with Gasteiger partial charge in [0.05, 0.1) is 5.69 Å². The standard InChI is InChI=1S/C13H17N3/c1-16-13(8-10-15-16)12-6-4-11(5-7-12)3-2-9-14/h4-8,10H,2-3,9,14H2,1H3. The van der Waals surface area contributed by atoms with Crippen molar-refractivity contribution in [3.05, 3.63) is 42.1 Å². The second-order valence-corrected chi connectivity index (χ2v) is 3.93. The van der Waals surface area contributed by atoms with E-state index in [9.17, 15) is 0 Å². The maximum absolute atomic E-state index is 5.49. The molecule has 0 spiro atoms. The molecule has 3 heteroatoms. The van der Waals surface area contributed by atoms with Gasteiger partial charge in [-0.2, -0.15) is 5.10 Å². The Balaban J connectivity index is 2.16. The molecule has 2 rings (SSSR count). The second kappa shape index (κ2) is 4.94. The highest BCUT2D eigenvalue weighted by atomic mass is 15.2. The van der Waals surface area contributed by atoms with Gasteiger partial charge in [0, 0.05) is 13.2 Å². The first-order chi connectivity index (χ1) is 7.81. The average molecular weight is 215 g/mol. The molecule has 0 atom stereocenters. The van der Waals surface area contributed by atoms with Gasteiger partial charge in [0.1, 0.15) is 0 Å². The van der Waals surface area contributed by atoms with Gasteiger partial charge in [0.15, 0.2) is 0 Å². The van der Waals surface area contributed by atoms with Crippen LogP contribution in [0.15, 0.2) is 36.5 Å². The highest BCUT2D eigenvalue weighted by molar-refractivity contribution is 5.59. The molecule has 1 aromatic carbocycles. The quantitative estimate of drug-likeness (QED) is 0.847. The van der Waals surface area contributed by atoms with E-state index in [2.05, 4.69) is 29.4 Å². The molecule has 0 aliphatic carbocycles. The van der Waals surface area contributed by atoms with Gasteiger partial charge < -0.3 is 5.73 Å². The van der Waals surface area contributed by atoms with Gasteiger partial charge in [-0.25, -0.2) is 0 Å². The fraction of sp³-hybridized carbons (Fsp3) is 0.308. The van der Waals surface area contributed by atoms with E-state index in [-0.39, 0.29) is 0 Å². The number of benzene rings is 1. The molecule has 2 aromatic rings. The van der Waals surface area contributed by atoms with Crippen LogP contribution in [0.4, 0.5) is 0 Å². The Morgan fingerprint density at radius 1 is 1.19 bits per heavy atom.